The van der Waals surface area contributed by atoms with Crippen molar-refractivity contribution in [1.82, 2.24) is 4.57 Å². The summed E-state index contributed by atoms with van der Waals surface area (Å²) in [6.07, 6.45) is 1.18. The first-order valence-corrected chi connectivity index (χ1v) is 5.16. The molecule has 1 heterocycles. The predicted molar refractivity (Wildman–Crippen MR) is 55.2 cm³/mol. The molecule has 0 aliphatic rings. The largest absolute Gasteiger partial charge is 0.390 e. The molecule has 1 N–H and O–H groups in total. The van der Waals surface area contributed by atoms with Crippen molar-refractivity contribution >= 4 is 15.9 Å². The van der Waals surface area contributed by atoms with Crippen LogP contribution < -0.4 is 5.56 Å². The molecule has 1 rings (SSSR count). The summed E-state index contributed by atoms with van der Waals surface area (Å²) in [5, 5.41) is 9.78. The van der Waals surface area contributed by atoms with E-state index in [4.69, 9.17) is 0 Å². The normalized spacial score (nSPS) is 12.8. The number of halogens is 1. The SMILES string of the molecule is Cc1ccn(CC(O)CBr)c(=O)c1. The van der Waals surface area contributed by atoms with Crippen LogP contribution in [0, 0.1) is 6.92 Å². The van der Waals surface area contributed by atoms with Crippen LogP contribution in [0.3, 0.4) is 0 Å². The minimum atomic E-state index is -0.514. The van der Waals surface area contributed by atoms with E-state index in [1.54, 1.807) is 12.3 Å². The van der Waals surface area contributed by atoms with E-state index in [-0.39, 0.29) is 5.56 Å². The fourth-order valence-electron chi connectivity index (χ4n) is 1.03. The highest BCUT2D eigenvalue weighted by molar-refractivity contribution is 9.09. The average Bonchev–Trinajstić information content (AvgIpc) is 2.09. The number of pyridine rings is 1. The van der Waals surface area contributed by atoms with Crippen molar-refractivity contribution in [3.8, 4) is 0 Å². The lowest BCUT2D eigenvalue weighted by Crippen LogP contribution is -2.26. The molecule has 1 unspecified atom stereocenters. The molecule has 0 fully saturated rings. The molecular formula is C9H12BrNO2. The zero-order chi connectivity index (χ0) is 9.84. The summed E-state index contributed by atoms with van der Waals surface area (Å²) in [4.78, 5) is 11.3. The van der Waals surface area contributed by atoms with Gasteiger partial charge in [-0.25, -0.2) is 0 Å². The fraction of sp³-hybridized carbons (Fsp3) is 0.444. The van der Waals surface area contributed by atoms with Crippen LogP contribution >= 0.6 is 15.9 Å². The number of nitrogens with zero attached hydrogens (tertiary/aromatic N) is 1. The highest BCUT2D eigenvalue weighted by Gasteiger charge is 2.03. The van der Waals surface area contributed by atoms with Gasteiger partial charge >= 0.3 is 0 Å². The average molecular weight is 246 g/mol. The molecule has 0 aliphatic carbocycles. The Kier molecular flexibility index (Phi) is 3.69. The molecule has 0 saturated heterocycles. The number of hydrogen-bond acceptors (Lipinski definition) is 2. The Bertz CT molecular complexity index is 335. The zero-order valence-electron chi connectivity index (χ0n) is 7.40. The molecule has 1 atom stereocenters. The topological polar surface area (TPSA) is 42.2 Å². The monoisotopic (exact) mass is 245 g/mol. The highest BCUT2D eigenvalue weighted by Crippen LogP contribution is 1.96. The molecule has 1 aromatic heterocycles. The van der Waals surface area contributed by atoms with Gasteiger partial charge in [-0.3, -0.25) is 4.79 Å². The van der Waals surface area contributed by atoms with Crippen LogP contribution in [-0.4, -0.2) is 21.1 Å². The molecule has 72 valence electrons. The number of aliphatic hydroxyl groups is 1. The molecule has 0 aliphatic heterocycles. The van der Waals surface area contributed by atoms with Crippen LogP contribution in [0.2, 0.25) is 0 Å². The summed E-state index contributed by atoms with van der Waals surface area (Å²) >= 11 is 3.15. The van der Waals surface area contributed by atoms with Crippen molar-refractivity contribution in [2.75, 3.05) is 5.33 Å². The molecule has 0 aromatic carbocycles. The molecule has 0 saturated carbocycles. The zero-order valence-corrected chi connectivity index (χ0v) is 8.99. The van der Waals surface area contributed by atoms with Crippen molar-refractivity contribution in [1.29, 1.82) is 0 Å². The summed E-state index contributed by atoms with van der Waals surface area (Å²) < 4.78 is 1.50. The number of rotatable bonds is 3. The van der Waals surface area contributed by atoms with Gasteiger partial charge in [-0.05, 0) is 18.6 Å². The molecule has 3 nitrogen and oxygen atoms in total. The highest BCUT2D eigenvalue weighted by atomic mass is 79.9. The lowest BCUT2D eigenvalue weighted by molar-refractivity contribution is 0.178. The Morgan fingerprint density at radius 1 is 1.69 bits per heavy atom. The Balaban J connectivity index is 2.84. The maximum absolute atomic E-state index is 11.3. The second-order valence-electron chi connectivity index (χ2n) is 3.00. The standard InChI is InChI=1S/C9H12BrNO2/c1-7-2-3-11(9(13)4-7)6-8(12)5-10/h2-4,8,12H,5-6H2,1H3. The van der Waals surface area contributed by atoms with Crippen LogP contribution in [0.4, 0.5) is 0 Å². The van der Waals surface area contributed by atoms with E-state index < -0.39 is 6.10 Å². The van der Waals surface area contributed by atoms with E-state index in [0.29, 0.717) is 11.9 Å². The van der Waals surface area contributed by atoms with E-state index >= 15 is 0 Å². The maximum atomic E-state index is 11.3. The molecule has 0 amide bonds. The molecule has 13 heavy (non-hydrogen) atoms. The summed E-state index contributed by atoms with van der Waals surface area (Å²) in [6.45, 7) is 2.21. The first-order chi connectivity index (χ1) is 6.13. The minimum Gasteiger partial charge on any atom is -0.390 e. The van der Waals surface area contributed by atoms with E-state index in [9.17, 15) is 9.90 Å². The fourth-order valence-corrected chi connectivity index (χ4v) is 1.24. The molecule has 0 bridgehead atoms. The van der Waals surface area contributed by atoms with Gasteiger partial charge in [0.15, 0.2) is 0 Å². The van der Waals surface area contributed by atoms with Crippen molar-refractivity contribution < 1.29 is 5.11 Å². The Hall–Kier alpha value is -0.610. The predicted octanol–water partition coefficient (Wildman–Crippen LogP) is 0.913. The Morgan fingerprint density at radius 3 is 2.92 bits per heavy atom. The number of alkyl halides is 1. The van der Waals surface area contributed by atoms with E-state index in [2.05, 4.69) is 15.9 Å². The Morgan fingerprint density at radius 2 is 2.38 bits per heavy atom. The quantitative estimate of drug-likeness (QED) is 0.805. The molecule has 0 radical (unpaired) electrons. The number of hydrogen-bond donors (Lipinski definition) is 1. The van der Waals surface area contributed by atoms with Gasteiger partial charge in [0.25, 0.3) is 5.56 Å². The van der Waals surface area contributed by atoms with Crippen molar-refractivity contribution in [3.63, 3.8) is 0 Å². The van der Waals surface area contributed by atoms with E-state index in [0.717, 1.165) is 5.56 Å². The van der Waals surface area contributed by atoms with Crippen LogP contribution in [0.5, 0.6) is 0 Å². The van der Waals surface area contributed by atoms with Gasteiger partial charge in [-0.2, -0.15) is 0 Å². The number of aryl methyl sites for hydroxylation is 1. The third-order valence-corrected chi connectivity index (χ3v) is 2.48. The number of aromatic nitrogens is 1. The minimum absolute atomic E-state index is 0.0694. The van der Waals surface area contributed by atoms with E-state index in [1.165, 1.54) is 4.57 Å². The van der Waals surface area contributed by atoms with Gasteiger partial charge in [-0.15, -0.1) is 0 Å². The Labute approximate surface area is 85.1 Å². The van der Waals surface area contributed by atoms with Gasteiger partial charge in [0.05, 0.1) is 12.6 Å². The molecule has 4 heteroatoms. The van der Waals surface area contributed by atoms with Crippen LogP contribution in [0.25, 0.3) is 0 Å². The van der Waals surface area contributed by atoms with Gasteiger partial charge in [0.1, 0.15) is 0 Å². The van der Waals surface area contributed by atoms with Crippen molar-refractivity contribution in [2.24, 2.45) is 0 Å². The first kappa shape index (κ1) is 10.5. The van der Waals surface area contributed by atoms with Crippen molar-refractivity contribution in [3.05, 3.63) is 34.2 Å². The first-order valence-electron chi connectivity index (χ1n) is 4.04. The van der Waals surface area contributed by atoms with E-state index in [1.807, 2.05) is 13.0 Å². The molecule has 1 aromatic rings. The van der Waals surface area contributed by atoms with Crippen LogP contribution in [0.1, 0.15) is 5.56 Å². The van der Waals surface area contributed by atoms with Gasteiger partial charge in [0, 0.05) is 17.6 Å². The summed E-state index contributed by atoms with van der Waals surface area (Å²) in [5.74, 6) is 0. The van der Waals surface area contributed by atoms with Crippen LogP contribution in [-0.2, 0) is 6.54 Å². The smallest absolute Gasteiger partial charge is 0.250 e. The molecule has 0 spiro atoms. The van der Waals surface area contributed by atoms with Gasteiger partial charge < -0.3 is 9.67 Å². The summed E-state index contributed by atoms with van der Waals surface area (Å²) in [7, 11) is 0. The van der Waals surface area contributed by atoms with Gasteiger partial charge in [-0.1, -0.05) is 15.9 Å². The summed E-state index contributed by atoms with van der Waals surface area (Å²) in [5.41, 5.74) is 0.870. The lowest BCUT2D eigenvalue weighted by Gasteiger charge is -2.09. The van der Waals surface area contributed by atoms with Crippen molar-refractivity contribution in [2.45, 2.75) is 19.6 Å². The second kappa shape index (κ2) is 4.58. The van der Waals surface area contributed by atoms with Crippen LogP contribution in [0.15, 0.2) is 23.1 Å². The second-order valence-corrected chi connectivity index (χ2v) is 3.65. The third kappa shape index (κ3) is 2.97. The lowest BCUT2D eigenvalue weighted by atomic mass is 10.3. The third-order valence-electron chi connectivity index (χ3n) is 1.74. The van der Waals surface area contributed by atoms with Gasteiger partial charge in [0.2, 0.25) is 0 Å². The summed E-state index contributed by atoms with van der Waals surface area (Å²) in [6, 6.07) is 3.41. The maximum Gasteiger partial charge on any atom is 0.250 e. The molecular weight excluding hydrogens is 234 g/mol. The number of aliphatic hydroxyl groups excluding tert-OH is 1.